The largest absolute Gasteiger partial charge is 0.0984 e. The highest BCUT2D eigenvalue weighted by Gasteiger charge is 2.18. The maximum atomic E-state index is 4.08. The van der Waals surface area contributed by atoms with Crippen molar-refractivity contribution in [2.45, 2.75) is 0 Å². The molecule has 206 valence electrons. The molecule has 0 heteroatoms. The van der Waals surface area contributed by atoms with E-state index in [1.165, 1.54) is 76.5 Å². The minimum Gasteiger partial charge on any atom is -0.0984 e. The van der Waals surface area contributed by atoms with Crippen LogP contribution >= 0.6 is 0 Å². The second-order valence-corrected chi connectivity index (χ2v) is 11.4. The summed E-state index contributed by atoms with van der Waals surface area (Å²) in [6.45, 7) is 8.07. The zero-order valence-corrected chi connectivity index (χ0v) is 24.4. The molecule has 0 amide bonds. The lowest BCUT2D eigenvalue weighted by atomic mass is 9.84. The number of hydrogen-bond donors (Lipinski definition) is 0. The Morgan fingerprint density at radius 1 is 0.364 bits per heavy atom. The number of benzene rings is 8. The molecule has 8 aromatic rings. The molecule has 0 radical (unpaired) electrons. The summed E-state index contributed by atoms with van der Waals surface area (Å²) in [6, 6.07) is 53.1. The van der Waals surface area contributed by atoms with Gasteiger partial charge in [-0.2, -0.15) is 0 Å². The first-order valence-corrected chi connectivity index (χ1v) is 15.1. The second-order valence-electron chi connectivity index (χ2n) is 11.4. The summed E-state index contributed by atoms with van der Waals surface area (Å²) >= 11 is 0. The second kappa shape index (κ2) is 10.5. The molecule has 0 saturated carbocycles. The average molecular weight is 559 g/mol. The Hall–Kier alpha value is -5.72. The van der Waals surface area contributed by atoms with Crippen LogP contribution in [0.2, 0.25) is 0 Å². The first kappa shape index (κ1) is 25.9. The predicted octanol–water partition coefficient (Wildman–Crippen LogP) is 12.6. The first-order valence-electron chi connectivity index (χ1n) is 15.1. The van der Waals surface area contributed by atoms with Gasteiger partial charge in [0.1, 0.15) is 0 Å². The molecular formula is C44H30. The topological polar surface area (TPSA) is 0 Å². The smallest absolute Gasteiger partial charge is 0.00201 e. The predicted molar refractivity (Wildman–Crippen MR) is 193 cm³/mol. The molecule has 0 fully saturated rings. The first-order chi connectivity index (χ1) is 21.7. The molecule has 0 atom stereocenters. The molecule has 0 aliphatic rings. The van der Waals surface area contributed by atoms with E-state index in [1.54, 1.807) is 0 Å². The van der Waals surface area contributed by atoms with E-state index in [4.69, 9.17) is 0 Å². The Balaban J connectivity index is 1.36. The van der Waals surface area contributed by atoms with Crippen LogP contribution in [0, 0.1) is 0 Å². The Kier molecular flexibility index (Phi) is 6.21. The van der Waals surface area contributed by atoms with Crippen LogP contribution in [0.25, 0.3) is 88.6 Å². The third-order valence-corrected chi connectivity index (χ3v) is 8.99. The van der Waals surface area contributed by atoms with Crippen molar-refractivity contribution in [3.05, 3.63) is 170 Å². The van der Waals surface area contributed by atoms with E-state index in [-0.39, 0.29) is 0 Å². The quantitative estimate of drug-likeness (QED) is 0.184. The van der Waals surface area contributed by atoms with Crippen molar-refractivity contribution in [3.63, 3.8) is 0 Å². The van der Waals surface area contributed by atoms with Crippen LogP contribution in [0.5, 0.6) is 0 Å². The van der Waals surface area contributed by atoms with Gasteiger partial charge in [0.2, 0.25) is 0 Å². The standard InChI is InChI=1S/C44H30/c1-3-29-14-11-21-37(35(29)4-2)33-25-23-32-28-34(26-24-31(32)27-33)43-39-17-7-9-19-41(39)44(42-20-10-8-18-40(42)43)38-22-12-15-30-13-5-6-16-36(30)38/h3-28H,1-2H2. The van der Waals surface area contributed by atoms with Gasteiger partial charge >= 0.3 is 0 Å². The molecule has 0 bridgehead atoms. The summed E-state index contributed by atoms with van der Waals surface area (Å²) in [5.41, 5.74) is 9.63. The Labute approximate surface area is 257 Å². The van der Waals surface area contributed by atoms with Gasteiger partial charge in [0.25, 0.3) is 0 Å². The van der Waals surface area contributed by atoms with Crippen LogP contribution in [0.15, 0.2) is 159 Å². The highest BCUT2D eigenvalue weighted by atomic mass is 14.2. The van der Waals surface area contributed by atoms with Crippen LogP contribution in [-0.2, 0) is 0 Å². The van der Waals surface area contributed by atoms with Gasteiger partial charge in [0.15, 0.2) is 0 Å². The number of rotatable bonds is 5. The summed E-state index contributed by atoms with van der Waals surface area (Å²) in [4.78, 5) is 0. The van der Waals surface area contributed by atoms with Crippen LogP contribution in [0.3, 0.4) is 0 Å². The highest BCUT2D eigenvalue weighted by Crippen LogP contribution is 2.45. The monoisotopic (exact) mass is 558 g/mol. The van der Waals surface area contributed by atoms with Gasteiger partial charge in [-0.05, 0) is 99.7 Å². The van der Waals surface area contributed by atoms with Gasteiger partial charge in [0.05, 0.1) is 0 Å². The van der Waals surface area contributed by atoms with Crippen molar-refractivity contribution in [2.24, 2.45) is 0 Å². The van der Waals surface area contributed by atoms with E-state index in [1.807, 2.05) is 12.2 Å². The lowest BCUT2D eigenvalue weighted by Crippen LogP contribution is -1.92. The van der Waals surface area contributed by atoms with Gasteiger partial charge in [-0.15, -0.1) is 0 Å². The Morgan fingerprint density at radius 3 is 1.55 bits per heavy atom. The summed E-state index contributed by atoms with van der Waals surface area (Å²) in [6.07, 6.45) is 3.83. The third-order valence-electron chi connectivity index (χ3n) is 8.99. The Bertz CT molecular complexity index is 2360. The molecule has 0 spiro atoms. The molecule has 0 aliphatic carbocycles. The van der Waals surface area contributed by atoms with E-state index < -0.39 is 0 Å². The minimum absolute atomic E-state index is 1.10. The SMILES string of the molecule is C=Cc1cccc(-c2ccc3cc(-c4c5ccccc5c(-c5cccc6ccccc56)c5ccccc45)ccc3c2)c1C=C. The van der Waals surface area contributed by atoms with Crippen LogP contribution < -0.4 is 0 Å². The molecule has 44 heavy (non-hydrogen) atoms. The fraction of sp³-hybridized carbons (Fsp3) is 0. The fourth-order valence-corrected chi connectivity index (χ4v) is 6.98. The molecule has 0 saturated heterocycles. The normalized spacial score (nSPS) is 11.4. The Morgan fingerprint density at radius 2 is 0.886 bits per heavy atom. The maximum Gasteiger partial charge on any atom is -0.00201 e. The maximum absolute atomic E-state index is 4.08. The van der Waals surface area contributed by atoms with E-state index >= 15 is 0 Å². The van der Waals surface area contributed by atoms with Crippen molar-refractivity contribution in [1.29, 1.82) is 0 Å². The summed E-state index contributed by atoms with van der Waals surface area (Å²) in [5, 5.41) is 10.0. The summed E-state index contributed by atoms with van der Waals surface area (Å²) in [7, 11) is 0. The summed E-state index contributed by atoms with van der Waals surface area (Å²) in [5.74, 6) is 0. The van der Waals surface area contributed by atoms with Gasteiger partial charge in [0, 0.05) is 0 Å². The van der Waals surface area contributed by atoms with Crippen LogP contribution in [0.1, 0.15) is 11.1 Å². The summed E-state index contributed by atoms with van der Waals surface area (Å²) < 4.78 is 0. The van der Waals surface area contributed by atoms with Crippen molar-refractivity contribution in [2.75, 3.05) is 0 Å². The van der Waals surface area contributed by atoms with E-state index in [9.17, 15) is 0 Å². The van der Waals surface area contributed by atoms with Crippen LogP contribution in [0.4, 0.5) is 0 Å². The molecule has 8 rings (SSSR count). The molecular weight excluding hydrogens is 528 g/mol. The van der Waals surface area contributed by atoms with E-state index in [0.29, 0.717) is 0 Å². The lowest BCUT2D eigenvalue weighted by molar-refractivity contribution is 1.58. The van der Waals surface area contributed by atoms with Gasteiger partial charge in [-0.1, -0.05) is 159 Å². The lowest BCUT2D eigenvalue weighted by Gasteiger charge is -2.19. The third kappa shape index (κ3) is 4.07. The average Bonchev–Trinajstić information content (AvgIpc) is 3.09. The van der Waals surface area contributed by atoms with Crippen molar-refractivity contribution < 1.29 is 0 Å². The molecule has 0 heterocycles. The molecule has 0 N–H and O–H groups in total. The molecule has 0 aliphatic heterocycles. The highest BCUT2D eigenvalue weighted by molar-refractivity contribution is 6.23. The minimum atomic E-state index is 1.10. The van der Waals surface area contributed by atoms with Crippen molar-refractivity contribution >= 4 is 55.2 Å². The van der Waals surface area contributed by atoms with Gasteiger partial charge in [-0.25, -0.2) is 0 Å². The molecule has 8 aromatic carbocycles. The van der Waals surface area contributed by atoms with Crippen molar-refractivity contribution in [3.8, 4) is 33.4 Å². The molecule has 0 aromatic heterocycles. The zero-order valence-electron chi connectivity index (χ0n) is 24.4. The van der Waals surface area contributed by atoms with Gasteiger partial charge in [-0.3, -0.25) is 0 Å². The van der Waals surface area contributed by atoms with Crippen molar-refractivity contribution in [1.82, 2.24) is 0 Å². The molecule has 0 unspecified atom stereocenters. The zero-order chi connectivity index (χ0) is 29.6. The van der Waals surface area contributed by atoms with Crippen LogP contribution in [-0.4, -0.2) is 0 Å². The number of hydrogen-bond acceptors (Lipinski definition) is 0. The molecule has 0 nitrogen and oxygen atoms in total. The van der Waals surface area contributed by atoms with Gasteiger partial charge < -0.3 is 0 Å². The van der Waals surface area contributed by atoms with E-state index in [0.717, 1.165) is 11.1 Å². The van der Waals surface area contributed by atoms with E-state index in [2.05, 4.69) is 159 Å². The fourth-order valence-electron chi connectivity index (χ4n) is 6.98. The number of fused-ring (bicyclic) bond motifs is 4.